The highest BCUT2D eigenvalue weighted by atomic mass is 19.4. The number of nitrogens with two attached hydrogens (primary N) is 2. The van der Waals surface area contributed by atoms with Crippen LogP contribution in [-0.2, 0) is 12.8 Å². The summed E-state index contributed by atoms with van der Waals surface area (Å²) in [7, 11) is 0. The van der Waals surface area contributed by atoms with Crippen molar-refractivity contribution in [1.82, 2.24) is 14.5 Å². The maximum absolute atomic E-state index is 13.2. The van der Waals surface area contributed by atoms with Crippen molar-refractivity contribution in [3.8, 4) is 0 Å². The molecule has 0 amide bonds. The summed E-state index contributed by atoms with van der Waals surface area (Å²) in [4.78, 5) is 8.71. The molecule has 4 heterocycles. The molecule has 26 heavy (non-hydrogen) atoms. The fourth-order valence-corrected chi connectivity index (χ4v) is 4.83. The van der Waals surface area contributed by atoms with E-state index < -0.39 is 12.1 Å². The first-order valence-corrected chi connectivity index (χ1v) is 9.05. The van der Waals surface area contributed by atoms with Crippen LogP contribution in [0.3, 0.4) is 0 Å². The van der Waals surface area contributed by atoms with Gasteiger partial charge in [0.25, 0.3) is 5.82 Å². The van der Waals surface area contributed by atoms with Gasteiger partial charge in [-0.1, -0.05) is 0 Å². The number of fused-ring (bicyclic) bond motifs is 4. The van der Waals surface area contributed by atoms with Gasteiger partial charge in [0.05, 0.1) is 12.5 Å². The number of piperidine rings is 1. The number of anilines is 1. The molecule has 1 aliphatic carbocycles. The van der Waals surface area contributed by atoms with Crippen molar-refractivity contribution in [2.75, 3.05) is 18.8 Å². The lowest BCUT2D eigenvalue weighted by molar-refractivity contribution is -0.177. The van der Waals surface area contributed by atoms with Gasteiger partial charge in [0.1, 0.15) is 23.9 Å². The third-order valence-electron chi connectivity index (χ3n) is 6.34. The Morgan fingerprint density at radius 2 is 2.00 bits per heavy atom. The Kier molecular flexibility index (Phi) is 3.20. The van der Waals surface area contributed by atoms with Crippen LogP contribution in [0.1, 0.15) is 30.6 Å². The predicted molar refractivity (Wildman–Crippen MR) is 90.3 cm³/mol. The molecule has 4 atom stereocenters. The Morgan fingerprint density at radius 3 is 2.73 bits per heavy atom. The third kappa shape index (κ3) is 2.26. The van der Waals surface area contributed by atoms with E-state index in [0.29, 0.717) is 32.9 Å². The van der Waals surface area contributed by atoms with Crippen molar-refractivity contribution in [2.24, 2.45) is 11.7 Å². The zero-order chi connectivity index (χ0) is 18.3. The van der Waals surface area contributed by atoms with Crippen LogP contribution in [0, 0.1) is 5.92 Å². The summed E-state index contributed by atoms with van der Waals surface area (Å²) in [6.07, 6.45) is -2.19. The van der Waals surface area contributed by atoms with E-state index in [2.05, 4.69) is 9.97 Å². The van der Waals surface area contributed by atoms with E-state index in [0.717, 1.165) is 31.7 Å². The number of hydrogen-bond donors (Lipinski definition) is 2. The van der Waals surface area contributed by atoms with Gasteiger partial charge in [-0.2, -0.15) is 18.2 Å². The molecule has 0 bridgehead atoms. The second-order valence-corrected chi connectivity index (χ2v) is 7.95. The Hall–Kier alpha value is -1.87. The largest absolute Gasteiger partial charge is 0.451 e. The predicted octanol–water partition coefficient (Wildman–Crippen LogP) is 2.28. The zero-order valence-corrected chi connectivity index (χ0v) is 14.2. The standard InChI is InChI=1S/C17H21F3N5O/c18-17(19,20)8-1-2-12-11(5-8)13-14(26-12)15(24-16(22)23-13)25-4-3-9(21)6-10(25)7-25/h8-10H,1-7,21H2,(H2,22,23,24)/q+1/t8?,9-,10+,25?/m1/s1. The quantitative estimate of drug-likeness (QED) is 0.595. The summed E-state index contributed by atoms with van der Waals surface area (Å²) in [6.45, 7) is 1.78. The summed E-state index contributed by atoms with van der Waals surface area (Å²) >= 11 is 0. The van der Waals surface area contributed by atoms with Crippen LogP contribution < -0.4 is 16.0 Å². The number of hydrogen-bond acceptors (Lipinski definition) is 5. The first kappa shape index (κ1) is 16.3. The molecule has 2 aliphatic heterocycles. The minimum Gasteiger partial charge on any atom is -0.451 e. The van der Waals surface area contributed by atoms with Gasteiger partial charge in [0.15, 0.2) is 0 Å². The molecule has 9 heteroatoms. The number of aryl methyl sites for hydroxylation is 1. The lowest BCUT2D eigenvalue weighted by atomic mass is 9.87. The fourth-order valence-electron chi connectivity index (χ4n) is 4.83. The molecule has 140 valence electrons. The van der Waals surface area contributed by atoms with Gasteiger partial charge in [-0.3, -0.25) is 4.48 Å². The number of aromatic nitrogens is 2. The summed E-state index contributed by atoms with van der Waals surface area (Å²) < 4.78 is 46.3. The maximum Gasteiger partial charge on any atom is 0.392 e. The molecule has 2 aromatic heterocycles. The number of rotatable bonds is 1. The molecule has 6 nitrogen and oxygen atoms in total. The number of halogens is 3. The maximum atomic E-state index is 13.2. The number of nitrogens with zero attached hydrogens (tertiary/aromatic N) is 3. The van der Waals surface area contributed by atoms with E-state index in [1.54, 1.807) is 0 Å². The highest BCUT2D eigenvalue weighted by molar-refractivity contribution is 5.89. The van der Waals surface area contributed by atoms with E-state index in [-0.39, 0.29) is 31.3 Å². The van der Waals surface area contributed by atoms with Crippen LogP contribution in [0.5, 0.6) is 0 Å². The molecular formula is C17H21F3N5O+. The van der Waals surface area contributed by atoms with Crippen molar-refractivity contribution in [1.29, 1.82) is 0 Å². The molecule has 3 aliphatic rings. The summed E-state index contributed by atoms with van der Waals surface area (Å²) in [5.41, 5.74) is 13.5. The van der Waals surface area contributed by atoms with Crippen LogP contribution in [0.25, 0.3) is 11.1 Å². The minimum absolute atomic E-state index is 0.0477. The molecular weight excluding hydrogens is 347 g/mol. The first-order valence-electron chi connectivity index (χ1n) is 9.05. The molecule has 0 aromatic carbocycles. The number of nitrogen functional groups attached to an aromatic ring is 1. The van der Waals surface area contributed by atoms with E-state index in [1.165, 1.54) is 0 Å². The van der Waals surface area contributed by atoms with Crippen molar-refractivity contribution in [3.05, 3.63) is 11.3 Å². The Balaban J connectivity index is 1.62. The molecule has 4 N–H and O–H groups in total. The van der Waals surface area contributed by atoms with Gasteiger partial charge in [-0.25, -0.2) is 4.98 Å². The van der Waals surface area contributed by atoms with Crippen LogP contribution >= 0.6 is 0 Å². The molecule has 2 unspecified atom stereocenters. The molecule has 0 radical (unpaired) electrons. The zero-order valence-electron chi connectivity index (χ0n) is 14.2. The average molecular weight is 368 g/mol. The van der Waals surface area contributed by atoms with Crippen LogP contribution in [0.2, 0.25) is 0 Å². The number of quaternary nitrogens is 1. The summed E-state index contributed by atoms with van der Waals surface area (Å²) in [6, 6.07) is 0.585. The second-order valence-electron chi connectivity index (χ2n) is 7.95. The topological polar surface area (TPSA) is 91.0 Å². The molecule has 2 fully saturated rings. The SMILES string of the molecule is Nc1nc([N+]23CC[C@@H](N)C[C@H]2C3)c2oc3c(c2n1)CC(C(F)(F)F)CC3. The smallest absolute Gasteiger partial charge is 0.392 e. The van der Waals surface area contributed by atoms with Crippen molar-refractivity contribution in [2.45, 2.75) is 50.4 Å². The Labute approximate surface area is 147 Å². The van der Waals surface area contributed by atoms with Crippen LogP contribution in [0.4, 0.5) is 24.9 Å². The van der Waals surface area contributed by atoms with Gasteiger partial charge in [-0.15, -0.1) is 0 Å². The molecule has 0 spiro atoms. The first-order chi connectivity index (χ1) is 12.3. The van der Waals surface area contributed by atoms with Crippen molar-refractivity contribution >= 4 is 22.9 Å². The molecule has 5 rings (SSSR count). The van der Waals surface area contributed by atoms with E-state index in [1.807, 2.05) is 0 Å². The summed E-state index contributed by atoms with van der Waals surface area (Å²) in [5, 5.41) is 0. The van der Waals surface area contributed by atoms with Gasteiger partial charge in [0.2, 0.25) is 11.5 Å². The Bertz CT molecular complexity index is 895. The average Bonchev–Trinajstić information content (AvgIpc) is 3.18. The van der Waals surface area contributed by atoms with Gasteiger partial charge < -0.3 is 15.9 Å². The lowest BCUT2D eigenvalue weighted by Gasteiger charge is -2.25. The Morgan fingerprint density at radius 1 is 1.19 bits per heavy atom. The minimum atomic E-state index is -4.21. The van der Waals surface area contributed by atoms with Crippen molar-refractivity contribution in [3.63, 3.8) is 0 Å². The van der Waals surface area contributed by atoms with Crippen LogP contribution in [0.15, 0.2) is 4.42 Å². The fraction of sp³-hybridized carbons (Fsp3) is 0.647. The van der Waals surface area contributed by atoms with E-state index >= 15 is 0 Å². The monoisotopic (exact) mass is 368 g/mol. The normalized spacial score (nSPS) is 33.8. The molecule has 0 saturated carbocycles. The van der Waals surface area contributed by atoms with E-state index in [9.17, 15) is 13.2 Å². The number of alkyl halides is 3. The van der Waals surface area contributed by atoms with Crippen LogP contribution in [-0.4, -0.2) is 41.3 Å². The highest BCUT2D eigenvalue weighted by Crippen LogP contribution is 2.49. The summed E-state index contributed by atoms with van der Waals surface area (Å²) in [5.74, 6) is 0.0667. The van der Waals surface area contributed by atoms with Gasteiger partial charge in [-0.05, 0) is 12.8 Å². The molecule has 2 aromatic rings. The van der Waals surface area contributed by atoms with Crippen molar-refractivity contribution < 1.29 is 17.6 Å². The number of furan rings is 1. The lowest BCUT2D eigenvalue weighted by Crippen LogP contribution is -2.42. The van der Waals surface area contributed by atoms with E-state index in [4.69, 9.17) is 15.9 Å². The van der Waals surface area contributed by atoms with Gasteiger partial charge in [0, 0.05) is 30.9 Å². The second kappa shape index (κ2) is 5.10. The third-order valence-corrected chi connectivity index (χ3v) is 6.34. The molecule has 2 saturated heterocycles. The van der Waals surface area contributed by atoms with Gasteiger partial charge >= 0.3 is 6.18 Å². The highest BCUT2D eigenvalue weighted by Gasteiger charge is 2.61.